The molecule has 3 aromatic rings. The summed E-state index contributed by atoms with van der Waals surface area (Å²) in [5.74, 6) is 0.918. The van der Waals surface area contributed by atoms with E-state index in [1.54, 1.807) is 6.20 Å². The minimum Gasteiger partial charge on any atom is -0.259 e. The van der Waals surface area contributed by atoms with Crippen molar-refractivity contribution in [1.82, 2.24) is 19.7 Å². The molecule has 0 N–H and O–H groups in total. The lowest BCUT2D eigenvalue weighted by Crippen LogP contribution is -2.05. The van der Waals surface area contributed by atoms with E-state index in [0.717, 1.165) is 36.3 Å². The summed E-state index contributed by atoms with van der Waals surface area (Å²) in [4.78, 5) is 8.05. The molecule has 0 bridgehead atoms. The number of aromatic nitrogens is 4. The van der Waals surface area contributed by atoms with Crippen LogP contribution in [0.1, 0.15) is 29.1 Å². The second-order valence-corrected chi connectivity index (χ2v) is 7.36. The minimum atomic E-state index is -1.02. The molecule has 1 aromatic carbocycles. The van der Waals surface area contributed by atoms with Gasteiger partial charge in [0.25, 0.3) is 0 Å². The van der Waals surface area contributed by atoms with Crippen molar-refractivity contribution in [3.8, 4) is 5.69 Å². The largest absolute Gasteiger partial charge is 0.259 e. The molecule has 0 radical (unpaired) electrons. The Balaban J connectivity index is 1.59. The van der Waals surface area contributed by atoms with Crippen molar-refractivity contribution in [2.24, 2.45) is 0 Å². The van der Waals surface area contributed by atoms with Gasteiger partial charge < -0.3 is 0 Å². The van der Waals surface area contributed by atoms with Gasteiger partial charge >= 0.3 is 0 Å². The van der Waals surface area contributed by atoms with Crippen LogP contribution in [0.25, 0.3) is 5.69 Å². The van der Waals surface area contributed by atoms with Gasteiger partial charge in [-0.15, -0.1) is 0 Å². The summed E-state index contributed by atoms with van der Waals surface area (Å²) in [7, 11) is -1.02. The van der Waals surface area contributed by atoms with Crippen molar-refractivity contribution in [3.05, 3.63) is 71.6 Å². The van der Waals surface area contributed by atoms with Crippen LogP contribution in [0.3, 0.4) is 0 Å². The second kappa shape index (κ2) is 6.65. The van der Waals surface area contributed by atoms with Gasteiger partial charge in [0.2, 0.25) is 0 Å². The second-order valence-electron chi connectivity index (χ2n) is 5.90. The van der Waals surface area contributed by atoms with Gasteiger partial charge in [-0.05, 0) is 43.0 Å². The summed E-state index contributed by atoms with van der Waals surface area (Å²) in [6.45, 7) is 0. The smallest absolute Gasteiger partial charge is 0.115 e. The van der Waals surface area contributed by atoms with Gasteiger partial charge in [-0.1, -0.05) is 18.2 Å². The van der Waals surface area contributed by atoms with Crippen molar-refractivity contribution >= 4 is 10.8 Å². The zero-order chi connectivity index (χ0) is 16.4. The predicted octanol–water partition coefficient (Wildman–Crippen LogP) is 2.60. The van der Waals surface area contributed by atoms with Crippen LogP contribution < -0.4 is 0 Å². The molecule has 0 amide bonds. The van der Waals surface area contributed by atoms with Crippen LogP contribution >= 0.6 is 0 Å². The van der Waals surface area contributed by atoms with E-state index in [9.17, 15) is 4.21 Å². The van der Waals surface area contributed by atoms with Crippen LogP contribution in [-0.2, 0) is 35.1 Å². The average molecular weight is 338 g/mol. The Morgan fingerprint density at radius 2 is 1.96 bits per heavy atom. The molecule has 2 aromatic heterocycles. The van der Waals surface area contributed by atoms with Gasteiger partial charge in [0, 0.05) is 22.7 Å². The molecule has 0 saturated heterocycles. The molecule has 2 heterocycles. The van der Waals surface area contributed by atoms with E-state index in [-0.39, 0.29) is 0 Å². The van der Waals surface area contributed by atoms with Crippen molar-refractivity contribution in [2.45, 2.75) is 30.8 Å². The fraction of sp³-hybridized carbons (Fsp3) is 0.278. The summed E-state index contributed by atoms with van der Waals surface area (Å²) < 4.78 is 14.6. The average Bonchev–Trinajstić information content (AvgIpc) is 3.20. The number of para-hydroxylation sites is 1. The molecule has 24 heavy (non-hydrogen) atoms. The Bertz CT molecular complexity index is 861. The molecule has 4 rings (SSSR count). The molecule has 5 nitrogen and oxygen atoms in total. The Morgan fingerprint density at radius 3 is 2.75 bits per heavy atom. The highest BCUT2D eigenvalue weighted by Crippen LogP contribution is 2.28. The van der Waals surface area contributed by atoms with Crippen LogP contribution in [0.4, 0.5) is 0 Å². The molecule has 6 heteroatoms. The quantitative estimate of drug-likeness (QED) is 0.717. The Morgan fingerprint density at radius 1 is 1.08 bits per heavy atom. The molecule has 1 aliphatic carbocycles. The summed E-state index contributed by atoms with van der Waals surface area (Å²) in [6.07, 6.45) is 6.39. The molecule has 1 aliphatic rings. The monoisotopic (exact) mass is 338 g/mol. The maximum Gasteiger partial charge on any atom is 0.115 e. The van der Waals surface area contributed by atoms with E-state index in [1.807, 2.05) is 28.9 Å². The number of nitrogens with zero attached hydrogens (tertiary/aromatic N) is 4. The standard InChI is InChI=1S/C18H18N4OS/c23-24(11-14-9-10-19-13-20-14)12-17-16-7-4-8-18(16)22(21-17)15-5-2-1-3-6-15/h1-3,5-6,9-10,13H,4,7-8,11-12H2. The fourth-order valence-corrected chi connectivity index (χ4v) is 4.32. The summed E-state index contributed by atoms with van der Waals surface area (Å²) in [6, 6.07) is 12.0. The van der Waals surface area contributed by atoms with Gasteiger partial charge in [0.05, 0.1) is 28.6 Å². The van der Waals surface area contributed by atoms with Gasteiger partial charge in [0.1, 0.15) is 6.33 Å². The van der Waals surface area contributed by atoms with Gasteiger partial charge in [-0.2, -0.15) is 5.10 Å². The van der Waals surface area contributed by atoms with Gasteiger partial charge in [-0.3, -0.25) is 4.21 Å². The van der Waals surface area contributed by atoms with Crippen molar-refractivity contribution in [3.63, 3.8) is 0 Å². The number of benzene rings is 1. The number of rotatable bonds is 5. The molecule has 0 spiro atoms. The molecule has 122 valence electrons. The van der Waals surface area contributed by atoms with E-state index in [4.69, 9.17) is 5.10 Å². The third kappa shape index (κ3) is 3.01. The normalized spacial score (nSPS) is 14.5. The van der Waals surface area contributed by atoms with E-state index in [1.165, 1.54) is 17.6 Å². The van der Waals surface area contributed by atoms with Crippen molar-refractivity contribution in [2.75, 3.05) is 0 Å². The highest BCUT2D eigenvalue weighted by molar-refractivity contribution is 7.83. The molecular weight excluding hydrogens is 320 g/mol. The van der Waals surface area contributed by atoms with E-state index in [0.29, 0.717) is 11.5 Å². The van der Waals surface area contributed by atoms with E-state index >= 15 is 0 Å². The lowest BCUT2D eigenvalue weighted by atomic mass is 10.2. The molecule has 0 fully saturated rings. The lowest BCUT2D eigenvalue weighted by molar-refractivity contribution is 0.679. The minimum absolute atomic E-state index is 0.440. The van der Waals surface area contributed by atoms with Crippen molar-refractivity contribution < 1.29 is 4.21 Å². The lowest BCUT2D eigenvalue weighted by Gasteiger charge is -2.04. The van der Waals surface area contributed by atoms with Gasteiger partial charge in [0.15, 0.2) is 0 Å². The zero-order valence-corrected chi connectivity index (χ0v) is 14.1. The Kier molecular flexibility index (Phi) is 4.21. The molecule has 1 unspecified atom stereocenters. The van der Waals surface area contributed by atoms with Crippen molar-refractivity contribution in [1.29, 1.82) is 0 Å². The van der Waals surface area contributed by atoms with Crippen LogP contribution in [0.2, 0.25) is 0 Å². The van der Waals surface area contributed by atoms with E-state index in [2.05, 4.69) is 22.1 Å². The number of hydrogen-bond donors (Lipinski definition) is 0. The number of fused-ring (bicyclic) bond motifs is 1. The molecule has 1 atom stereocenters. The fourth-order valence-electron chi connectivity index (χ4n) is 3.18. The Labute approximate surface area is 143 Å². The first kappa shape index (κ1) is 15.2. The van der Waals surface area contributed by atoms with Crippen LogP contribution in [0.5, 0.6) is 0 Å². The summed E-state index contributed by atoms with van der Waals surface area (Å²) >= 11 is 0. The summed E-state index contributed by atoms with van der Waals surface area (Å²) in [5, 5.41) is 4.77. The topological polar surface area (TPSA) is 60.7 Å². The Hall–Kier alpha value is -2.34. The highest BCUT2D eigenvalue weighted by Gasteiger charge is 2.24. The highest BCUT2D eigenvalue weighted by atomic mass is 32.2. The van der Waals surface area contributed by atoms with Crippen LogP contribution in [0.15, 0.2) is 48.9 Å². The first-order valence-electron chi connectivity index (χ1n) is 8.06. The summed E-state index contributed by atoms with van der Waals surface area (Å²) in [5.41, 5.74) is 5.41. The third-order valence-electron chi connectivity index (χ3n) is 4.26. The van der Waals surface area contributed by atoms with Gasteiger partial charge in [-0.25, -0.2) is 14.6 Å². The molecule has 0 aliphatic heterocycles. The number of hydrogen-bond acceptors (Lipinski definition) is 4. The first-order chi connectivity index (χ1) is 11.8. The molecular formula is C18H18N4OS. The first-order valence-corrected chi connectivity index (χ1v) is 9.55. The van der Waals surface area contributed by atoms with E-state index < -0.39 is 10.8 Å². The maximum absolute atomic E-state index is 12.5. The predicted molar refractivity (Wildman–Crippen MR) is 93.2 cm³/mol. The third-order valence-corrected chi connectivity index (χ3v) is 5.48. The van der Waals surface area contributed by atoms with Crippen LogP contribution in [0, 0.1) is 0 Å². The van der Waals surface area contributed by atoms with Crippen LogP contribution in [-0.4, -0.2) is 24.0 Å². The molecule has 0 saturated carbocycles. The zero-order valence-electron chi connectivity index (χ0n) is 13.3. The maximum atomic E-state index is 12.5. The SMILES string of the molecule is O=S(Cc1ccncn1)Cc1nn(-c2ccccc2)c2c1CCC2.